The van der Waals surface area contributed by atoms with Crippen molar-refractivity contribution < 1.29 is 32.8 Å². The zero-order valence-corrected chi connectivity index (χ0v) is 17.0. The van der Waals surface area contributed by atoms with Gasteiger partial charge in [-0.2, -0.15) is 0 Å². The number of carbonyl (C=O) groups excluding carboxylic acids is 1. The van der Waals surface area contributed by atoms with Crippen molar-refractivity contribution in [2.24, 2.45) is 0 Å². The fraction of sp³-hybridized carbons (Fsp3) is 0.688. The Morgan fingerprint density at radius 3 is 2.37 bits per heavy atom. The normalized spacial score (nSPS) is 14.4. The van der Waals surface area contributed by atoms with E-state index in [1.165, 1.54) is 17.3 Å². The Kier molecular flexibility index (Phi) is 7.00. The van der Waals surface area contributed by atoms with Crippen LogP contribution >= 0.6 is 0 Å². The van der Waals surface area contributed by atoms with E-state index < -0.39 is 32.1 Å². The molecule has 1 atom stereocenters. The summed E-state index contributed by atoms with van der Waals surface area (Å²) in [5.41, 5.74) is 1.09. The van der Waals surface area contributed by atoms with E-state index in [-0.39, 0.29) is 19.3 Å². The average Bonchev–Trinajstić information content (AvgIpc) is 2.97. The Bertz CT molecular complexity index is 788. The lowest BCUT2D eigenvalue weighted by Gasteiger charge is -2.35. The van der Waals surface area contributed by atoms with Gasteiger partial charge in [0.05, 0.1) is 5.69 Å². The summed E-state index contributed by atoms with van der Waals surface area (Å²) >= 11 is 0. The molecular formula is C16H27N3O7S. The Balaban J connectivity index is 2.92. The highest BCUT2D eigenvalue weighted by Gasteiger charge is 2.43. The van der Waals surface area contributed by atoms with Crippen LogP contribution in [0.1, 0.15) is 45.6 Å². The first kappa shape index (κ1) is 22.9. The number of nitrogens with one attached hydrogen (secondary N) is 1. The molecule has 1 heterocycles. The molecule has 3 N–H and O–H groups in total. The standard InChI is InChI=1S/C16H27N3O7S/c1-6-19(14(21)22)15(2,3)10-12-9-11(18-26-12)7-8-16(4,13(20)17-23)27(5,24)25/h9,23H,6-8,10H2,1-5H3,(H,17,20)(H,21,22). The van der Waals surface area contributed by atoms with Crippen molar-refractivity contribution in [1.82, 2.24) is 15.5 Å². The molecule has 27 heavy (non-hydrogen) atoms. The van der Waals surface area contributed by atoms with E-state index in [1.807, 2.05) is 0 Å². The Morgan fingerprint density at radius 1 is 1.33 bits per heavy atom. The third kappa shape index (κ3) is 5.19. The van der Waals surface area contributed by atoms with Crippen LogP contribution in [-0.4, -0.2) is 63.9 Å². The average molecular weight is 405 g/mol. The van der Waals surface area contributed by atoms with E-state index in [0.717, 1.165) is 6.26 Å². The second-order valence-corrected chi connectivity index (χ2v) is 9.69. The zero-order valence-electron chi connectivity index (χ0n) is 16.1. The van der Waals surface area contributed by atoms with Crippen molar-refractivity contribution in [1.29, 1.82) is 0 Å². The van der Waals surface area contributed by atoms with Crippen LogP contribution in [-0.2, 0) is 27.5 Å². The van der Waals surface area contributed by atoms with E-state index in [0.29, 0.717) is 18.0 Å². The lowest BCUT2D eigenvalue weighted by molar-refractivity contribution is -0.131. The molecule has 0 saturated carbocycles. The largest absolute Gasteiger partial charge is 0.465 e. The molecule has 2 amide bonds. The predicted octanol–water partition coefficient (Wildman–Crippen LogP) is 1.24. The minimum atomic E-state index is -3.79. The number of aryl methyl sites for hydroxylation is 1. The third-order valence-electron chi connectivity index (χ3n) is 4.75. The Morgan fingerprint density at radius 2 is 1.93 bits per heavy atom. The van der Waals surface area contributed by atoms with Crippen molar-refractivity contribution in [3.05, 3.63) is 17.5 Å². The monoisotopic (exact) mass is 405 g/mol. The molecule has 0 aromatic carbocycles. The maximum atomic E-state index is 12.0. The van der Waals surface area contributed by atoms with Crippen molar-refractivity contribution in [2.45, 2.75) is 57.2 Å². The van der Waals surface area contributed by atoms with Gasteiger partial charge < -0.3 is 14.5 Å². The highest BCUT2D eigenvalue weighted by atomic mass is 32.2. The SMILES string of the molecule is CCN(C(=O)O)C(C)(C)Cc1cc(CCC(C)(C(=O)NO)S(C)(=O)=O)no1. The zero-order chi connectivity index (χ0) is 21.0. The summed E-state index contributed by atoms with van der Waals surface area (Å²) < 4.78 is 27.4. The molecule has 0 aliphatic heterocycles. The summed E-state index contributed by atoms with van der Waals surface area (Å²) in [5.74, 6) is -0.572. The van der Waals surface area contributed by atoms with Gasteiger partial charge >= 0.3 is 6.09 Å². The van der Waals surface area contributed by atoms with Crippen molar-refractivity contribution in [3.63, 3.8) is 0 Å². The number of carbonyl (C=O) groups is 2. The van der Waals surface area contributed by atoms with Crippen LogP contribution in [0.5, 0.6) is 0 Å². The summed E-state index contributed by atoms with van der Waals surface area (Å²) in [6, 6.07) is 1.61. The lowest BCUT2D eigenvalue weighted by Crippen LogP contribution is -2.49. The quantitative estimate of drug-likeness (QED) is 0.410. The first-order chi connectivity index (χ1) is 12.3. The molecule has 0 fully saturated rings. The van der Waals surface area contributed by atoms with Crippen LogP contribution < -0.4 is 5.48 Å². The fourth-order valence-corrected chi connectivity index (χ4v) is 3.71. The molecule has 0 aliphatic carbocycles. The van der Waals surface area contributed by atoms with Crippen molar-refractivity contribution in [2.75, 3.05) is 12.8 Å². The molecule has 154 valence electrons. The number of hydrogen-bond acceptors (Lipinski definition) is 7. The minimum absolute atomic E-state index is 0.107. The van der Waals surface area contributed by atoms with Gasteiger partial charge in [-0.25, -0.2) is 18.7 Å². The van der Waals surface area contributed by atoms with Crippen LogP contribution in [0.15, 0.2) is 10.6 Å². The van der Waals surface area contributed by atoms with Crippen molar-refractivity contribution in [3.8, 4) is 0 Å². The van der Waals surface area contributed by atoms with Crippen LogP contribution in [0, 0.1) is 0 Å². The second kappa shape index (κ2) is 8.26. The van der Waals surface area contributed by atoms with Crippen LogP contribution in [0.3, 0.4) is 0 Å². The van der Waals surface area contributed by atoms with Crippen molar-refractivity contribution >= 4 is 21.8 Å². The van der Waals surface area contributed by atoms with Crippen LogP contribution in [0.25, 0.3) is 0 Å². The number of carboxylic acid groups (broad SMARTS) is 1. The van der Waals surface area contributed by atoms with Gasteiger partial charge in [0.2, 0.25) is 0 Å². The smallest absolute Gasteiger partial charge is 0.407 e. The van der Waals surface area contributed by atoms with Gasteiger partial charge in [0.1, 0.15) is 10.5 Å². The van der Waals surface area contributed by atoms with Gasteiger partial charge in [-0.05, 0) is 40.5 Å². The number of aromatic nitrogens is 1. The second-order valence-electron chi connectivity index (χ2n) is 7.24. The molecule has 1 aromatic rings. The van der Waals surface area contributed by atoms with Gasteiger partial charge in [0.15, 0.2) is 9.84 Å². The Hall–Kier alpha value is -2.14. The number of hydroxylamine groups is 1. The lowest BCUT2D eigenvalue weighted by atomic mass is 9.96. The fourth-order valence-electron chi connectivity index (χ4n) is 2.85. The topological polar surface area (TPSA) is 150 Å². The summed E-state index contributed by atoms with van der Waals surface area (Å²) in [4.78, 5) is 24.4. The van der Waals surface area contributed by atoms with E-state index in [4.69, 9.17) is 9.73 Å². The number of sulfone groups is 1. The molecule has 0 saturated heterocycles. The summed E-state index contributed by atoms with van der Waals surface area (Å²) in [7, 11) is -3.79. The molecule has 1 aromatic heterocycles. The molecule has 10 nitrogen and oxygen atoms in total. The first-order valence-corrected chi connectivity index (χ1v) is 10.3. The number of likely N-dealkylation sites (N-methyl/N-ethyl adjacent to an activating group) is 1. The predicted molar refractivity (Wildman–Crippen MR) is 96.2 cm³/mol. The molecule has 1 rings (SSSR count). The number of hydrogen-bond donors (Lipinski definition) is 3. The Labute approximate surface area is 158 Å². The van der Waals surface area contributed by atoms with E-state index >= 15 is 0 Å². The number of nitrogens with zero attached hydrogens (tertiary/aromatic N) is 2. The summed E-state index contributed by atoms with van der Waals surface area (Å²) in [6.45, 7) is 6.80. The van der Waals surface area contributed by atoms with Crippen LogP contribution in [0.4, 0.5) is 4.79 Å². The maximum Gasteiger partial charge on any atom is 0.407 e. The first-order valence-electron chi connectivity index (χ1n) is 8.37. The highest BCUT2D eigenvalue weighted by molar-refractivity contribution is 7.92. The number of rotatable bonds is 9. The van der Waals surface area contributed by atoms with Gasteiger partial charge in [-0.1, -0.05) is 5.16 Å². The summed E-state index contributed by atoms with van der Waals surface area (Å²) in [6.07, 6.45) is 0.174. The molecule has 0 spiro atoms. The van der Waals surface area contributed by atoms with Gasteiger partial charge in [0.25, 0.3) is 5.91 Å². The van der Waals surface area contributed by atoms with E-state index in [9.17, 15) is 23.1 Å². The molecule has 1 unspecified atom stereocenters. The molecule has 0 aliphatic rings. The van der Waals surface area contributed by atoms with Gasteiger partial charge in [-0.3, -0.25) is 10.0 Å². The maximum absolute atomic E-state index is 12.0. The third-order valence-corrected chi connectivity index (χ3v) is 6.78. The number of amides is 2. The van der Waals surface area contributed by atoms with E-state index in [2.05, 4.69) is 5.16 Å². The summed E-state index contributed by atoms with van der Waals surface area (Å²) in [5, 5.41) is 22.0. The minimum Gasteiger partial charge on any atom is -0.465 e. The van der Waals surface area contributed by atoms with Gasteiger partial charge in [-0.15, -0.1) is 0 Å². The van der Waals surface area contributed by atoms with E-state index in [1.54, 1.807) is 26.8 Å². The molecule has 0 radical (unpaired) electrons. The van der Waals surface area contributed by atoms with Crippen LogP contribution in [0.2, 0.25) is 0 Å². The highest BCUT2D eigenvalue weighted by Crippen LogP contribution is 2.25. The molecule has 0 bridgehead atoms. The molecular weight excluding hydrogens is 378 g/mol. The van der Waals surface area contributed by atoms with Gasteiger partial charge in [0, 0.05) is 30.8 Å². The molecule has 11 heteroatoms.